The zero-order valence-electron chi connectivity index (χ0n) is 11.6. The van der Waals surface area contributed by atoms with E-state index < -0.39 is 0 Å². The average molecular weight is 256 g/mol. The molecule has 2 fully saturated rings. The molecule has 4 nitrogen and oxygen atoms in total. The second-order valence-corrected chi connectivity index (χ2v) is 5.47. The van der Waals surface area contributed by atoms with Crippen LogP contribution in [0.2, 0.25) is 0 Å². The van der Waals surface area contributed by atoms with Crippen molar-refractivity contribution in [1.29, 1.82) is 0 Å². The van der Waals surface area contributed by atoms with E-state index in [2.05, 4.69) is 11.8 Å². The molecule has 0 spiro atoms. The number of likely N-dealkylation sites (tertiary alicyclic amines) is 1. The molecule has 2 rings (SSSR count). The quantitative estimate of drug-likeness (QED) is 0.804. The first-order chi connectivity index (χ1) is 8.85. The maximum Gasteiger partial charge on any atom is 0.0702 e. The van der Waals surface area contributed by atoms with E-state index >= 15 is 0 Å². The molecule has 2 heterocycles. The van der Waals surface area contributed by atoms with E-state index in [1.165, 1.54) is 19.4 Å². The molecule has 0 amide bonds. The molecule has 2 N–H and O–H groups in total. The minimum absolute atomic E-state index is 0.414. The average Bonchev–Trinajstić information content (AvgIpc) is 2.42. The van der Waals surface area contributed by atoms with Crippen molar-refractivity contribution in [3.8, 4) is 0 Å². The third kappa shape index (κ3) is 3.67. The van der Waals surface area contributed by atoms with Gasteiger partial charge in [0.05, 0.1) is 6.10 Å². The van der Waals surface area contributed by atoms with Crippen LogP contribution in [0.4, 0.5) is 0 Å². The lowest BCUT2D eigenvalue weighted by Gasteiger charge is -2.42. The highest BCUT2D eigenvalue weighted by Gasteiger charge is 2.31. The first-order valence-corrected chi connectivity index (χ1v) is 7.48. The zero-order valence-corrected chi connectivity index (χ0v) is 11.6. The van der Waals surface area contributed by atoms with E-state index in [1.807, 2.05) is 0 Å². The molecule has 0 aromatic rings. The van der Waals surface area contributed by atoms with Gasteiger partial charge in [-0.25, -0.2) is 0 Å². The van der Waals surface area contributed by atoms with Crippen molar-refractivity contribution in [1.82, 2.24) is 4.90 Å². The van der Waals surface area contributed by atoms with Gasteiger partial charge in [0.25, 0.3) is 0 Å². The molecule has 0 radical (unpaired) electrons. The topological polar surface area (TPSA) is 47.7 Å². The molecule has 2 atom stereocenters. The van der Waals surface area contributed by atoms with Crippen molar-refractivity contribution in [2.75, 3.05) is 39.5 Å². The predicted octanol–water partition coefficient (Wildman–Crippen LogP) is 1.24. The van der Waals surface area contributed by atoms with Crippen molar-refractivity contribution in [2.24, 2.45) is 11.7 Å². The predicted molar refractivity (Wildman–Crippen MR) is 72.6 cm³/mol. The molecule has 2 aliphatic heterocycles. The standard InChI is InChI=1S/C14H28N2O2/c1-2-18-13-4-3-7-16(11-13)14(10-15)12-5-8-17-9-6-12/h12-14H,2-11,15H2,1H3. The van der Waals surface area contributed by atoms with Crippen LogP contribution in [0.15, 0.2) is 0 Å². The Morgan fingerprint density at radius 1 is 1.33 bits per heavy atom. The summed E-state index contributed by atoms with van der Waals surface area (Å²) in [7, 11) is 0. The number of hydrogen-bond acceptors (Lipinski definition) is 4. The Morgan fingerprint density at radius 3 is 2.78 bits per heavy atom. The van der Waals surface area contributed by atoms with Crippen molar-refractivity contribution in [3.63, 3.8) is 0 Å². The lowest BCUT2D eigenvalue weighted by molar-refractivity contribution is -0.0294. The van der Waals surface area contributed by atoms with Crippen LogP contribution in [-0.4, -0.2) is 56.5 Å². The van der Waals surface area contributed by atoms with Crippen molar-refractivity contribution >= 4 is 0 Å². The number of nitrogens with zero attached hydrogens (tertiary/aromatic N) is 1. The summed E-state index contributed by atoms with van der Waals surface area (Å²) in [6.45, 7) is 7.73. The van der Waals surface area contributed by atoms with Gasteiger partial charge in [-0.15, -0.1) is 0 Å². The Balaban J connectivity index is 1.89. The molecular weight excluding hydrogens is 228 g/mol. The normalized spacial score (nSPS) is 29.3. The fourth-order valence-electron chi connectivity index (χ4n) is 3.38. The van der Waals surface area contributed by atoms with Gasteiger partial charge in [0.2, 0.25) is 0 Å². The highest BCUT2D eigenvalue weighted by atomic mass is 16.5. The molecular formula is C14H28N2O2. The van der Waals surface area contributed by atoms with Gasteiger partial charge in [-0.3, -0.25) is 4.90 Å². The SMILES string of the molecule is CCOC1CCCN(C(CN)C2CCOCC2)C1. The van der Waals surface area contributed by atoms with Crippen molar-refractivity contribution in [2.45, 2.75) is 44.8 Å². The minimum atomic E-state index is 0.414. The smallest absolute Gasteiger partial charge is 0.0702 e. The van der Waals surface area contributed by atoms with Crippen molar-refractivity contribution in [3.05, 3.63) is 0 Å². The zero-order chi connectivity index (χ0) is 12.8. The van der Waals surface area contributed by atoms with Crippen LogP contribution in [0.3, 0.4) is 0 Å². The van der Waals surface area contributed by atoms with Crippen LogP contribution < -0.4 is 5.73 Å². The van der Waals surface area contributed by atoms with E-state index in [9.17, 15) is 0 Å². The third-order valence-electron chi connectivity index (χ3n) is 4.33. The summed E-state index contributed by atoms with van der Waals surface area (Å²) in [5.74, 6) is 0.712. The van der Waals surface area contributed by atoms with Crippen molar-refractivity contribution < 1.29 is 9.47 Å². The summed E-state index contributed by atoms with van der Waals surface area (Å²) in [6.07, 6.45) is 5.19. The molecule has 2 aliphatic rings. The number of piperidine rings is 1. The Morgan fingerprint density at radius 2 is 2.11 bits per heavy atom. The maximum absolute atomic E-state index is 6.03. The highest BCUT2D eigenvalue weighted by Crippen LogP contribution is 2.25. The molecule has 4 heteroatoms. The van der Waals surface area contributed by atoms with Crippen LogP contribution in [0.25, 0.3) is 0 Å². The Labute approximate surface area is 111 Å². The molecule has 0 aromatic carbocycles. The Hall–Kier alpha value is -0.160. The van der Waals surface area contributed by atoms with Gasteiger partial charge in [-0.1, -0.05) is 0 Å². The van der Waals surface area contributed by atoms with E-state index in [1.54, 1.807) is 0 Å². The number of rotatable bonds is 5. The van der Waals surface area contributed by atoms with E-state index in [0.29, 0.717) is 18.1 Å². The van der Waals surface area contributed by atoms with Crippen LogP contribution in [-0.2, 0) is 9.47 Å². The molecule has 0 aromatic heterocycles. The molecule has 0 aliphatic carbocycles. The maximum atomic E-state index is 6.03. The van der Waals surface area contributed by atoms with Crippen LogP contribution in [0.5, 0.6) is 0 Å². The van der Waals surface area contributed by atoms with Gasteiger partial charge in [-0.2, -0.15) is 0 Å². The summed E-state index contributed by atoms with van der Waals surface area (Å²) in [6, 6.07) is 0.525. The molecule has 18 heavy (non-hydrogen) atoms. The summed E-state index contributed by atoms with van der Waals surface area (Å²) >= 11 is 0. The molecule has 0 bridgehead atoms. The van der Waals surface area contributed by atoms with Gasteiger partial charge in [0, 0.05) is 39.0 Å². The summed E-state index contributed by atoms with van der Waals surface area (Å²) in [4.78, 5) is 2.57. The van der Waals surface area contributed by atoms with E-state index in [4.69, 9.17) is 15.2 Å². The first-order valence-electron chi connectivity index (χ1n) is 7.48. The van der Waals surface area contributed by atoms with Gasteiger partial charge < -0.3 is 15.2 Å². The summed E-state index contributed by atoms with van der Waals surface area (Å²) in [5.41, 5.74) is 6.03. The van der Waals surface area contributed by atoms with Crippen LogP contribution in [0.1, 0.15) is 32.6 Å². The lowest BCUT2D eigenvalue weighted by Crippen LogP contribution is -2.52. The van der Waals surface area contributed by atoms with Gasteiger partial charge >= 0.3 is 0 Å². The molecule has 2 unspecified atom stereocenters. The van der Waals surface area contributed by atoms with Gasteiger partial charge in [-0.05, 0) is 45.1 Å². The second-order valence-electron chi connectivity index (χ2n) is 5.47. The fraction of sp³-hybridized carbons (Fsp3) is 1.00. The summed E-state index contributed by atoms with van der Waals surface area (Å²) < 4.78 is 11.2. The summed E-state index contributed by atoms with van der Waals surface area (Å²) in [5, 5.41) is 0. The lowest BCUT2D eigenvalue weighted by atomic mass is 9.89. The minimum Gasteiger partial charge on any atom is -0.381 e. The largest absolute Gasteiger partial charge is 0.381 e. The highest BCUT2D eigenvalue weighted by molar-refractivity contribution is 4.86. The van der Waals surface area contributed by atoms with Gasteiger partial charge in [0.1, 0.15) is 0 Å². The van der Waals surface area contributed by atoms with Crippen LogP contribution in [0, 0.1) is 5.92 Å². The Bertz CT molecular complexity index is 230. The van der Waals surface area contributed by atoms with Gasteiger partial charge in [0.15, 0.2) is 0 Å². The van der Waals surface area contributed by atoms with E-state index in [-0.39, 0.29) is 0 Å². The number of nitrogens with two attached hydrogens (primary N) is 1. The third-order valence-corrected chi connectivity index (χ3v) is 4.33. The van der Waals surface area contributed by atoms with Crippen LogP contribution >= 0.6 is 0 Å². The molecule has 106 valence electrons. The molecule has 0 saturated carbocycles. The van der Waals surface area contributed by atoms with E-state index in [0.717, 1.165) is 45.8 Å². The molecule has 2 saturated heterocycles. The monoisotopic (exact) mass is 256 g/mol. The fourth-order valence-corrected chi connectivity index (χ4v) is 3.38. The number of ether oxygens (including phenoxy) is 2. The second kappa shape index (κ2) is 7.43. The number of hydrogen-bond donors (Lipinski definition) is 1. The first kappa shape index (κ1) is 14.3. The Kier molecular flexibility index (Phi) is 5.89.